The first-order chi connectivity index (χ1) is 9.59. The van der Waals surface area contributed by atoms with Crippen LogP contribution in [-0.2, 0) is 9.53 Å². The largest absolute Gasteiger partial charge is 0.387 e. The van der Waals surface area contributed by atoms with Crippen molar-refractivity contribution in [3.8, 4) is 0 Å². The molecule has 100 valence electrons. The fourth-order valence-electron chi connectivity index (χ4n) is 1.69. The fraction of sp³-hybridized carbons (Fsp3) is 0.0625. The number of esters is 2. The minimum atomic E-state index is -1.18. The second-order valence-electron chi connectivity index (χ2n) is 4.19. The lowest BCUT2D eigenvalue weighted by Crippen LogP contribution is -2.21. The summed E-state index contributed by atoms with van der Waals surface area (Å²) in [6, 6.07) is 14.6. The molecule has 0 amide bonds. The number of hydrogen-bond donors (Lipinski definition) is 0. The number of hydrogen-bond acceptors (Lipinski definition) is 4. The topological polar surface area (TPSA) is 60.4 Å². The molecule has 0 fully saturated rings. The maximum Gasteiger partial charge on any atom is 0.387 e. The summed E-state index contributed by atoms with van der Waals surface area (Å²) in [5.74, 6) is -2.84. The predicted molar refractivity (Wildman–Crippen MR) is 72.4 cm³/mol. The highest BCUT2D eigenvalue weighted by Crippen LogP contribution is 2.10. The second-order valence-corrected chi connectivity index (χ2v) is 4.19. The molecular weight excluding hydrogens is 256 g/mol. The Labute approximate surface area is 116 Å². The monoisotopic (exact) mass is 268 g/mol. The van der Waals surface area contributed by atoms with Gasteiger partial charge in [-0.2, -0.15) is 0 Å². The Hall–Kier alpha value is -2.75. The van der Waals surface area contributed by atoms with Crippen molar-refractivity contribution in [2.75, 3.05) is 0 Å². The van der Waals surface area contributed by atoms with Gasteiger partial charge in [0.2, 0.25) is 0 Å². The fourth-order valence-corrected chi connectivity index (χ4v) is 1.69. The molecule has 4 heteroatoms. The summed E-state index contributed by atoms with van der Waals surface area (Å²) >= 11 is 0. The first kappa shape index (κ1) is 13.7. The van der Waals surface area contributed by atoms with Crippen molar-refractivity contribution in [2.24, 2.45) is 0 Å². The van der Waals surface area contributed by atoms with E-state index in [0.717, 1.165) is 0 Å². The number of Topliss-reactive ketones (excluding diaryl/α,β-unsaturated/α-hetero) is 1. The summed E-state index contributed by atoms with van der Waals surface area (Å²) in [5, 5.41) is 0. The van der Waals surface area contributed by atoms with E-state index in [0.29, 0.717) is 5.56 Å². The van der Waals surface area contributed by atoms with Crippen molar-refractivity contribution >= 4 is 17.7 Å². The van der Waals surface area contributed by atoms with Crippen LogP contribution in [0.3, 0.4) is 0 Å². The average molecular weight is 268 g/mol. The molecule has 0 saturated carbocycles. The van der Waals surface area contributed by atoms with Crippen LogP contribution >= 0.6 is 0 Å². The van der Waals surface area contributed by atoms with E-state index in [1.807, 2.05) is 0 Å². The first-order valence-corrected chi connectivity index (χ1v) is 6.01. The van der Waals surface area contributed by atoms with E-state index in [1.54, 1.807) is 43.3 Å². The van der Waals surface area contributed by atoms with Gasteiger partial charge >= 0.3 is 11.9 Å². The molecule has 0 aliphatic heterocycles. The van der Waals surface area contributed by atoms with E-state index in [1.165, 1.54) is 18.2 Å². The lowest BCUT2D eigenvalue weighted by Gasteiger charge is -2.04. The van der Waals surface area contributed by atoms with E-state index in [4.69, 9.17) is 0 Å². The second kappa shape index (κ2) is 5.93. The smallest absolute Gasteiger partial charge is 0.383 e. The van der Waals surface area contributed by atoms with Gasteiger partial charge in [-0.15, -0.1) is 0 Å². The van der Waals surface area contributed by atoms with Crippen molar-refractivity contribution in [3.05, 3.63) is 71.3 Å². The van der Waals surface area contributed by atoms with Crippen LogP contribution in [0.4, 0.5) is 0 Å². The third-order valence-corrected chi connectivity index (χ3v) is 2.77. The molecule has 0 heterocycles. The highest BCUT2D eigenvalue weighted by atomic mass is 16.6. The standard InChI is InChI=1S/C16H12O4/c1-11-7-5-6-10-13(11)15(18)20-16(19)14(17)12-8-3-2-4-9-12/h2-10H,1H3. The molecule has 0 spiro atoms. The summed E-state index contributed by atoms with van der Waals surface area (Å²) in [6.45, 7) is 1.72. The number of benzene rings is 2. The van der Waals surface area contributed by atoms with Gasteiger partial charge in [-0.1, -0.05) is 48.5 Å². The number of aryl methyl sites for hydroxylation is 1. The van der Waals surface area contributed by atoms with Crippen molar-refractivity contribution in [3.63, 3.8) is 0 Å². The molecule has 0 aliphatic carbocycles. The molecule has 0 saturated heterocycles. The van der Waals surface area contributed by atoms with Gasteiger partial charge < -0.3 is 4.74 Å². The first-order valence-electron chi connectivity index (χ1n) is 6.01. The summed E-state index contributed by atoms with van der Waals surface area (Å²) < 4.78 is 4.61. The van der Waals surface area contributed by atoms with Crippen molar-refractivity contribution in [1.82, 2.24) is 0 Å². The molecule has 0 atom stereocenters. The number of carbonyl (C=O) groups excluding carboxylic acids is 3. The van der Waals surface area contributed by atoms with Crippen molar-refractivity contribution in [2.45, 2.75) is 6.92 Å². The van der Waals surface area contributed by atoms with Gasteiger partial charge in [0.1, 0.15) is 0 Å². The molecule has 4 nitrogen and oxygen atoms in total. The van der Waals surface area contributed by atoms with Crippen molar-refractivity contribution < 1.29 is 19.1 Å². The predicted octanol–water partition coefficient (Wildman–Crippen LogP) is 2.56. The molecular formula is C16H12O4. The normalized spacial score (nSPS) is 9.85. The third kappa shape index (κ3) is 2.98. The maximum absolute atomic E-state index is 11.8. The molecule has 0 aromatic heterocycles. The Morgan fingerprint density at radius 1 is 0.850 bits per heavy atom. The van der Waals surface area contributed by atoms with Gasteiger partial charge in [0.05, 0.1) is 5.56 Å². The van der Waals surface area contributed by atoms with Crippen LogP contribution < -0.4 is 0 Å². The lowest BCUT2D eigenvalue weighted by molar-refractivity contribution is -0.132. The Kier molecular flexibility index (Phi) is 4.05. The number of rotatable bonds is 3. The van der Waals surface area contributed by atoms with Gasteiger partial charge in [-0.05, 0) is 18.6 Å². The summed E-state index contributed by atoms with van der Waals surface area (Å²) in [4.78, 5) is 35.2. The minimum absolute atomic E-state index is 0.190. The molecule has 2 rings (SSSR count). The van der Waals surface area contributed by atoms with Crippen LogP contribution in [-0.4, -0.2) is 17.7 Å². The molecule has 0 unspecified atom stereocenters. The van der Waals surface area contributed by atoms with E-state index >= 15 is 0 Å². The SMILES string of the molecule is Cc1ccccc1C(=O)OC(=O)C(=O)c1ccccc1. The van der Waals surface area contributed by atoms with Crippen LogP contribution in [0.15, 0.2) is 54.6 Å². The Morgan fingerprint density at radius 3 is 2.10 bits per heavy atom. The Morgan fingerprint density at radius 2 is 1.45 bits per heavy atom. The molecule has 20 heavy (non-hydrogen) atoms. The lowest BCUT2D eigenvalue weighted by atomic mass is 10.1. The zero-order valence-corrected chi connectivity index (χ0v) is 10.8. The van der Waals surface area contributed by atoms with E-state index < -0.39 is 17.7 Å². The number of carbonyl (C=O) groups is 3. The summed E-state index contributed by atoms with van der Waals surface area (Å²) in [5.41, 5.74) is 1.13. The van der Waals surface area contributed by atoms with E-state index in [9.17, 15) is 14.4 Å². The summed E-state index contributed by atoms with van der Waals surface area (Å²) in [6.07, 6.45) is 0. The number of ketones is 1. The highest BCUT2D eigenvalue weighted by molar-refractivity contribution is 6.42. The zero-order valence-electron chi connectivity index (χ0n) is 10.8. The van der Waals surface area contributed by atoms with Gasteiger partial charge in [0.15, 0.2) is 0 Å². The Balaban J connectivity index is 2.11. The molecule has 0 radical (unpaired) electrons. The van der Waals surface area contributed by atoms with Gasteiger partial charge in [-0.25, -0.2) is 9.59 Å². The van der Waals surface area contributed by atoms with Crippen LogP contribution in [0, 0.1) is 6.92 Å². The maximum atomic E-state index is 11.8. The summed E-state index contributed by atoms with van der Waals surface area (Å²) in [7, 11) is 0. The van der Waals surface area contributed by atoms with E-state index in [-0.39, 0.29) is 11.1 Å². The zero-order chi connectivity index (χ0) is 14.5. The molecule has 0 aliphatic rings. The average Bonchev–Trinajstić information content (AvgIpc) is 2.47. The highest BCUT2D eigenvalue weighted by Gasteiger charge is 2.22. The van der Waals surface area contributed by atoms with Gasteiger partial charge in [0.25, 0.3) is 5.78 Å². The van der Waals surface area contributed by atoms with Gasteiger partial charge in [0, 0.05) is 5.56 Å². The Bertz CT molecular complexity index is 659. The molecule has 2 aromatic carbocycles. The quantitative estimate of drug-likeness (QED) is 0.371. The van der Waals surface area contributed by atoms with E-state index in [2.05, 4.69) is 4.74 Å². The van der Waals surface area contributed by atoms with Crippen LogP contribution in [0.2, 0.25) is 0 Å². The number of ether oxygens (including phenoxy) is 1. The van der Waals surface area contributed by atoms with Gasteiger partial charge in [-0.3, -0.25) is 4.79 Å². The van der Waals surface area contributed by atoms with Crippen molar-refractivity contribution in [1.29, 1.82) is 0 Å². The molecule has 2 aromatic rings. The minimum Gasteiger partial charge on any atom is -0.383 e. The van der Waals surface area contributed by atoms with Crippen LogP contribution in [0.5, 0.6) is 0 Å². The molecule has 0 bridgehead atoms. The third-order valence-electron chi connectivity index (χ3n) is 2.77. The van der Waals surface area contributed by atoms with Crippen LogP contribution in [0.25, 0.3) is 0 Å². The van der Waals surface area contributed by atoms with Crippen LogP contribution in [0.1, 0.15) is 26.3 Å². The molecule has 0 N–H and O–H groups in total.